The zero-order chi connectivity index (χ0) is 22.5. The fourth-order valence-corrected chi connectivity index (χ4v) is 4.41. The monoisotopic (exact) mass is 559 g/mol. The molecule has 1 N–H and O–H groups in total. The van der Waals surface area contributed by atoms with Gasteiger partial charge in [-0.25, -0.2) is 8.42 Å². The quantitative estimate of drug-likeness (QED) is 0.537. The molecule has 0 spiro atoms. The van der Waals surface area contributed by atoms with Crippen molar-refractivity contribution >= 4 is 59.4 Å². The lowest BCUT2D eigenvalue weighted by Crippen LogP contribution is -2.50. The van der Waals surface area contributed by atoms with E-state index in [1.54, 1.807) is 31.2 Å². The fraction of sp³-hybridized carbons (Fsp3) is 0.300. The minimum atomic E-state index is -3.73. The van der Waals surface area contributed by atoms with Gasteiger partial charge in [0.2, 0.25) is 21.8 Å². The number of amides is 2. The average Bonchev–Trinajstić information content (AvgIpc) is 2.69. The van der Waals surface area contributed by atoms with Gasteiger partial charge in [0.1, 0.15) is 12.6 Å². The number of carbonyl (C=O) groups excluding carboxylic acids is 2. The number of nitrogens with zero attached hydrogens (tertiary/aromatic N) is 2. The Morgan fingerprint density at radius 3 is 2.23 bits per heavy atom. The van der Waals surface area contributed by atoms with E-state index in [1.165, 1.54) is 11.9 Å². The molecule has 0 aliphatic rings. The van der Waals surface area contributed by atoms with Crippen molar-refractivity contribution in [3.63, 3.8) is 0 Å². The van der Waals surface area contributed by atoms with Gasteiger partial charge >= 0.3 is 0 Å². The first-order valence-corrected chi connectivity index (χ1v) is 12.4. The van der Waals surface area contributed by atoms with Crippen molar-refractivity contribution in [1.29, 1.82) is 0 Å². The summed E-state index contributed by atoms with van der Waals surface area (Å²) in [6.45, 7) is 1.35. The molecule has 10 heteroatoms. The third-order valence-corrected chi connectivity index (χ3v) is 6.61. The highest BCUT2D eigenvalue weighted by Gasteiger charge is 2.29. The molecular weight excluding hydrogens is 538 g/mol. The Morgan fingerprint density at radius 1 is 1.07 bits per heavy atom. The van der Waals surface area contributed by atoms with Crippen LogP contribution in [0.5, 0.6) is 0 Å². The lowest BCUT2D eigenvalue weighted by atomic mass is 10.1. The molecular formula is C20H23Br2N3O4S. The number of carbonyl (C=O) groups is 2. The molecule has 2 aromatic carbocycles. The molecule has 0 aliphatic carbocycles. The van der Waals surface area contributed by atoms with Crippen LogP contribution >= 0.6 is 31.9 Å². The topological polar surface area (TPSA) is 86.8 Å². The third-order valence-electron chi connectivity index (χ3n) is 4.45. The number of rotatable bonds is 8. The van der Waals surface area contributed by atoms with Gasteiger partial charge in [-0.15, -0.1) is 0 Å². The first-order chi connectivity index (χ1) is 14.0. The summed E-state index contributed by atoms with van der Waals surface area (Å²) in [6.07, 6.45) is 1.04. The zero-order valence-electron chi connectivity index (χ0n) is 16.8. The summed E-state index contributed by atoms with van der Waals surface area (Å²) in [5.74, 6) is -0.827. The van der Waals surface area contributed by atoms with Gasteiger partial charge < -0.3 is 10.2 Å². The number of halogens is 2. The first-order valence-electron chi connectivity index (χ1n) is 9.01. The number of sulfonamides is 1. The molecule has 2 amide bonds. The van der Waals surface area contributed by atoms with Crippen molar-refractivity contribution in [1.82, 2.24) is 10.2 Å². The van der Waals surface area contributed by atoms with Crippen molar-refractivity contribution in [3.8, 4) is 0 Å². The molecule has 0 unspecified atom stereocenters. The Hall–Kier alpha value is -1.91. The standard InChI is InChI=1S/C20H23Br2N3O4S/c1-14(20(27)23-2)24(12-15-5-4-6-17(22)11-15)19(26)13-25(30(3,28)29)18-9-7-16(21)8-10-18/h4-11,14H,12-13H2,1-3H3,(H,23,27)/t14-/m0/s1. The van der Waals surface area contributed by atoms with E-state index in [0.29, 0.717) is 5.69 Å². The largest absolute Gasteiger partial charge is 0.357 e. The van der Waals surface area contributed by atoms with Gasteiger partial charge in [0.25, 0.3) is 0 Å². The van der Waals surface area contributed by atoms with E-state index < -0.39 is 28.5 Å². The predicted molar refractivity (Wildman–Crippen MR) is 125 cm³/mol. The summed E-state index contributed by atoms with van der Waals surface area (Å²) in [7, 11) is -2.24. The van der Waals surface area contributed by atoms with Crippen molar-refractivity contribution in [2.75, 3.05) is 24.2 Å². The minimum absolute atomic E-state index is 0.158. The lowest BCUT2D eigenvalue weighted by Gasteiger charge is -2.31. The van der Waals surface area contributed by atoms with Gasteiger partial charge in [0.15, 0.2) is 0 Å². The maximum absolute atomic E-state index is 13.2. The minimum Gasteiger partial charge on any atom is -0.357 e. The van der Waals surface area contributed by atoms with Crippen LogP contribution in [0.15, 0.2) is 57.5 Å². The van der Waals surface area contributed by atoms with Crippen LogP contribution in [0, 0.1) is 0 Å². The molecule has 2 rings (SSSR count). The molecule has 7 nitrogen and oxygen atoms in total. The third kappa shape index (κ3) is 6.55. The molecule has 0 aromatic heterocycles. The summed E-state index contributed by atoms with van der Waals surface area (Å²) in [4.78, 5) is 26.8. The lowest BCUT2D eigenvalue weighted by molar-refractivity contribution is -0.139. The van der Waals surface area contributed by atoms with Crippen molar-refractivity contribution in [3.05, 3.63) is 63.0 Å². The van der Waals surface area contributed by atoms with E-state index in [0.717, 1.165) is 25.1 Å². The van der Waals surface area contributed by atoms with Crippen molar-refractivity contribution in [2.45, 2.75) is 19.5 Å². The molecule has 0 saturated heterocycles. The Labute approximate surface area is 193 Å². The van der Waals surface area contributed by atoms with Crippen LogP contribution in [0.2, 0.25) is 0 Å². The molecule has 30 heavy (non-hydrogen) atoms. The average molecular weight is 561 g/mol. The highest BCUT2D eigenvalue weighted by Crippen LogP contribution is 2.22. The maximum atomic E-state index is 13.2. The Morgan fingerprint density at radius 2 is 1.70 bits per heavy atom. The fourth-order valence-electron chi connectivity index (χ4n) is 2.84. The number of hydrogen-bond donors (Lipinski definition) is 1. The molecule has 0 fully saturated rings. The van der Waals surface area contributed by atoms with Crippen LogP contribution in [0.25, 0.3) is 0 Å². The molecule has 0 bridgehead atoms. The molecule has 0 aliphatic heterocycles. The van der Waals surface area contributed by atoms with E-state index in [2.05, 4.69) is 37.2 Å². The van der Waals surface area contributed by atoms with E-state index in [4.69, 9.17) is 0 Å². The van der Waals surface area contributed by atoms with Gasteiger partial charge in [-0.2, -0.15) is 0 Å². The van der Waals surface area contributed by atoms with Crippen molar-refractivity contribution in [2.24, 2.45) is 0 Å². The van der Waals surface area contributed by atoms with Gasteiger partial charge in [0, 0.05) is 22.5 Å². The summed E-state index contributed by atoms with van der Waals surface area (Å²) in [6, 6.07) is 13.2. The van der Waals surface area contributed by atoms with E-state index in [-0.39, 0.29) is 12.5 Å². The van der Waals surface area contributed by atoms with Crippen LogP contribution in [0.4, 0.5) is 5.69 Å². The van der Waals surface area contributed by atoms with Crippen molar-refractivity contribution < 1.29 is 18.0 Å². The van der Waals surface area contributed by atoms with E-state index in [1.807, 2.05) is 24.3 Å². The smallest absolute Gasteiger partial charge is 0.244 e. The van der Waals surface area contributed by atoms with Crippen LogP contribution < -0.4 is 9.62 Å². The van der Waals surface area contributed by atoms with Gasteiger partial charge in [-0.1, -0.05) is 44.0 Å². The van der Waals surface area contributed by atoms with Gasteiger partial charge in [-0.3, -0.25) is 13.9 Å². The molecule has 0 saturated carbocycles. The second-order valence-corrected chi connectivity index (χ2v) is 10.4. The number of likely N-dealkylation sites (N-methyl/N-ethyl adjacent to an activating group) is 1. The number of hydrogen-bond acceptors (Lipinski definition) is 4. The number of nitrogens with one attached hydrogen (secondary N) is 1. The highest BCUT2D eigenvalue weighted by atomic mass is 79.9. The highest BCUT2D eigenvalue weighted by molar-refractivity contribution is 9.10. The molecule has 0 heterocycles. The van der Waals surface area contributed by atoms with E-state index in [9.17, 15) is 18.0 Å². The molecule has 162 valence electrons. The SMILES string of the molecule is CNC(=O)[C@H](C)N(Cc1cccc(Br)c1)C(=O)CN(c1ccc(Br)cc1)S(C)(=O)=O. The second-order valence-electron chi connectivity index (χ2n) is 6.69. The Kier molecular flexibility index (Phi) is 8.45. The van der Waals surface area contributed by atoms with Crippen LogP contribution in [-0.4, -0.2) is 51.0 Å². The molecule has 1 atom stereocenters. The number of benzene rings is 2. The second kappa shape index (κ2) is 10.4. The summed E-state index contributed by atoms with van der Waals surface area (Å²) in [5.41, 5.74) is 1.17. The van der Waals surface area contributed by atoms with Gasteiger partial charge in [0.05, 0.1) is 11.9 Å². The first kappa shape index (κ1) is 24.4. The molecule has 2 aromatic rings. The Bertz CT molecular complexity index is 1010. The normalized spacial score (nSPS) is 12.2. The molecule has 0 radical (unpaired) electrons. The summed E-state index contributed by atoms with van der Waals surface area (Å²) >= 11 is 6.71. The van der Waals surface area contributed by atoms with Gasteiger partial charge in [-0.05, 0) is 48.9 Å². The maximum Gasteiger partial charge on any atom is 0.244 e. The summed E-state index contributed by atoms with van der Waals surface area (Å²) in [5, 5.41) is 2.54. The summed E-state index contributed by atoms with van der Waals surface area (Å²) < 4.78 is 27.5. The number of anilines is 1. The zero-order valence-corrected chi connectivity index (χ0v) is 20.8. The Balaban J connectivity index is 2.36. The van der Waals surface area contributed by atoms with Crippen LogP contribution in [-0.2, 0) is 26.2 Å². The van der Waals surface area contributed by atoms with Crippen LogP contribution in [0.3, 0.4) is 0 Å². The van der Waals surface area contributed by atoms with E-state index >= 15 is 0 Å². The predicted octanol–water partition coefficient (Wildman–Crippen LogP) is 3.14. The van der Waals surface area contributed by atoms with Crippen LogP contribution in [0.1, 0.15) is 12.5 Å².